The van der Waals surface area contributed by atoms with Crippen LogP contribution in [-0.4, -0.2) is 11.9 Å². The van der Waals surface area contributed by atoms with Gasteiger partial charge in [-0.3, -0.25) is 4.79 Å². The van der Waals surface area contributed by atoms with Crippen molar-refractivity contribution in [1.29, 1.82) is 0 Å². The number of anilines is 1. The maximum Gasteiger partial charge on any atom is 0.241 e. The van der Waals surface area contributed by atoms with Crippen molar-refractivity contribution in [2.45, 2.75) is 30.0 Å². The summed E-state index contributed by atoms with van der Waals surface area (Å²) in [5, 5.41) is 2.96. The minimum absolute atomic E-state index is 0.161. The molecular formula is C23H24N2OS. The molecule has 138 valence electrons. The number of rotatable bonds is 7. The second kappa shape index (κ2) is 9.40. The Morgan fingerprint density at radius 3 is 2.22 bits per heavy atom. The first kappa shape index (κ1) is 19.2. The van der Waals surface area contributed by atoms with Crippen molar-refractivity contribution in [2.75, 3.05) is 5.32 Å². The fourth-order valence-electron chi connectivity index (χ4n) is 2.79. The van der Waals surface area contributed by atoms with Gasteiger partial charge in [0.2, 0.25) is 5.91 Å². The van der Waals surface area contributed by atoms with E-state index < -0.39 is 6.04 Å². The molecule has 3 aromatic carbocycles. The Kier molecular flexibility index (Phi) is 6.69. The Morgan fingerprint density at radius 1 is 0.963 bits per heavy atom. The number of nitrogens with two attached hydrogens (primary N) is 1. The maximum atomic E-state index is 12.4. The summed E-state index contributed by atoms with van der Waals surface area (Å²) in [4.78, 5) is 13.6. The Balaban J connectivity index is 1.57. The summed E-state index contributed by atoms with van der Waals surface area (Å²) in [6, 6.07) is 25.7. The van der Waals surface area contributed by atoms with Gasteiger partial charge >= 0.3 is 0 Å². The molecule has 1 amide bonds. The van der Waals surface area contributed by atoms with Crippen molar-refractivity contribution in [2.24, 2.45) is 5.73 Å². The molecule has 3 nitrogen and oxygen atoms in total. The molecule has 0 heterocycles. The van der Waals surface area contributed by atoms with E-state index in [0.717, 1.165) is 22.6 Å². The van der Waals surface area contributed by atoms with E-state index in [4.69, 9.17) is 5.73 Å². The molecule has 0 unspecified atom stereocenters. The molecule has 0 aliphatic heterocycles. The highest BCUT2D eigenvalue weighted by molar-refractivity contribution is 7.98. The zero-order chi connectivity index (χ0) is 19.1. The van der Waals surface area contributed by atoms with Crippen LogP contribution in [0.3, 0.4) is 0 Å². The standard InChI is InChI=1S/C23H24N2OS/c1-17-14-20(27-16-19-10-6-3-7-11-19)12-13-22(17)25-23(26)21(24)15-18-8-4-2-5-9-18/h2-14,21H,15-16,24H2,1H3,(H,25,26)/t21-/m0/s1. The van der Waals surface area contributed by atoms with Crippen molar-refractivity contribution in [3.05, 3.63) is 95.6 Å². The Morgan fingerprint density at radius 2 is 1.59 bits per heavy atom. The average Bonchev–Trinajstić information content (AvgIpc) is 2.69. The number of carbonyl (C=O) groups is 1. The summed E-state index contributed by atoms with van der Waals surface area (Å²) >= 11 is 1.79. The van der Waals surface area contributed by atoms with Crippen LogP contribution in [0.2, 0.25) is 0 Å². The minimum atomic E-state index is -0.570. The van der Waals surface area contributed by atoms with Gasteiger partial charge in [0, 0.05) is 16.3 Å². The van der Waals surface area contributed by atoms with Gasteiger partial charge in [-0.2, -0.15) is 0 Å². The normalized spacial score (nSPS) is 11.8. The van der Waals surface area contributed by atoms with E-state index in [1.807, 2.05) is 55.5 Å². The first-order chi connectivity index (χ1) is 13.1. The van der Waals surface area contributed by atoms with E-state index in [0.29, 0.717) is 6.42 Å². The summed E-state index contributed by atoms with van der Waals surface area (Å²) in [6.07, 6.45) is 0.525. The second-order valence-electron chi connectivity index (χ2n) is 6.54. The third-order valence-corrected chi connectivity index (χ3v) is 5.40. The van der Waals surface area contributed by atoms with Crippen LogP contribution in [0.5, 0.6) is 0 Å². The Bertz CT molecular complexity index is 881. The molecule has 0 aliphatic rings. The molecule has 0 saturated carbocycles. The molecule has 0 aromatic heterocycles. The van der Waals surface area contributed by atoms with Crippen LogP contribution >= 0.6 is 11.8 Å². The molecular weight excluding hydrogens is 352 g/mol. The first-order valence-corrected chi connectivity index (χ1v) is 9.98. The van der Waals surface area contributed by atoms with Crippen LogP contribution in [0.25, 0.3) is 0 Å². The van der Waals surface area contributed by atoms with Gasteiger partial charge in [0.25, 0.3) is 0 Å². The number of aryl methyl sites for hydroxylation is 1. The molecule has 3 aromatic rings. The smallest absolute Gasteiger partial charge is 0.241 e. The highest BCUT2D eigenvalue weighted by atomic mass is 32.2. The average molecular weight is 377 g/mol. The van der Waals surface area contributed by atoms with E-state index in [-0.39, 0.29) is 5.91 Å². The van der Waals surface area contributed by atoms with Crippen LogP contribution in [0.1, 0.15) is 16.7 Å². The number of carbonyl (C=O) groups excluding carboxylic acids is 1. The predicted molar refractivity (Wildman–Crippen MR) is 114 cm³/mol. The van der Waals surface area contributed by atoms with Gasteiger partial charge in [-0.1, -0.05) is 60.7 Å². The molecule has 0 radical (unpaired) electrons. The predicted octanol–water partition coefficient (Wildman–Crippen LogP) is 4.80. The molecule has 27 heavy (non-hydrogen) atoms. The number of nitrogens with one attached hydrogen (secondary N) is 1. The lowest BCUT2D eigenvalue weighted by atomic mass is 10.1. The Hall–Kier alpha value is -2.56. The van der Waals surface area contributed by atoms with Gasteiger partial charge in [-0.05, 0) is 48.2 Å². The van der Waals surface area contributed by atoms with E-state index in [1.54, 1.807) is 11.8 Å². The highest BCUT2D eigenvalue weighted by Crippen LogP contribution is 2.27. The molecule has 3 rings (SSSR count). The Labute approximate surface area is 165 Å². The van der Waals surface area contributed by atoms with Crippen molar-refractivity contribution in [1.82, 2.24) is 0 Å². The SMILES string of the molecule is Cc1cc(SCc2ccccc2)ccc1NC(=O)[C@@H](N)Cc1ccccc1. The van der Waals surface area contributed by atoms with Crippen LogP contribution < -0.4 is 11.1 Å². The molecule has 1 atom stereocenters. The fraction of sp³-hybridized carbons (Fsp3) is 0.174. The van der Waals surface area contributed by atoms with Gasteiger partial charge in [0.05, 0.1) is 6.04 Å². The summed E-state index contributed by atoms with van der Waals surface area (Å²) in [5.74, 6) is 0.764. The van der Waals surface area contributed by atoms with Crippen LogP contribution in [0.15, 0.2) is 83.8 Å². The van der Waals surface area contributed by atoms with Gasteiger partial charge in [0.15, 0.2) is 0 Å². The van der Waals surface area contributed by atoms with Gasteiger partial charge < -0.3 is 11.1 Å². The van der Waals surface area contributed by atoms with Crippen molar-refractivity contribution >= 4 is 23.4 Å². The van der Waals surface area contributed by atoms with Crippen molar-refractivity contribution in [3.8, 4) is 0 Å². The number of thioether (sulfide) groups is 1. The zero-order valence-electron chi connectivity index (χ0n) is 15.4. The maximum absolute atomic E-state index is 12.4. The van der Waals surface area contributed by atoms with E-state index in [2.05, 4.69) is 35.6 Å². The minimum Gasteiger partial charge on any atom is -0.324 e. The molecule has 0 aliphatic carbocycles. The number of amides is 1. The monoisotopic (exact) mass is 376 g/mol. The van der Waals surface area contributed by atoms with E-state index in [9.17, 15) is 4.79 Å². The molecule has 0 saturated heterocycles. The highest BCUT2D eigenvalue weighted by Gasteiger charge is 2.15. The topological polar surface area (TPSA) is 55.1 Å². The van der Waals surface area contributed by atoms with Gasteiger partial charge in [-0.25, -0.2) is 0 Å². The van der Waals surface area contributed by atoms with Gasteiger partial charge in [-0.15, -0.1) is 11.8 Å². The molecule has 0 spiro atoms. The molecule has 4 heteroatoms. The van der Waals surface area contributed by atoms with Crippen molar-refractivity contribution < 1.29 is 4.79 Å². The summed E-state index contributed by atoms with van der Waals surface area (Å²) in [6.45, 7) is 2.00. The van der Waals surface area contributed by atoms with E-state index in [1.165, 1.54) is 10.5 Å². The van der Waals surface area contributed by atoms with Crippen LogP contribution in [0.4, 0.5) is 5.69 Å². The second-order valence-corrected chi connectivity index (χ2v) is 7.59. The lowest BCUT2D eigenvalue weighted by Crippen LogP contribution is -2.37. The van der Waals surface area contributed by atoms with Crippen molar-refractivity contribution in [3.63, 3.8) is 0 Å². The number of hydrogen-bond acceptors (Lipinski definition) is 3. The third-order valence-electron chi connectivity index (χ3n) is 4.34. The molecule has 0 fully saturated rings. The summed E-state index contributed by atoms with van der Waals surface area (Å²) in [7, 11) is 0. The zero-order valence-corrected chi connectivity index (χ0v) is 16.2. The molecule has 0 bridgehead atoms. The molecule has 3 N–H and O–H groups in total. The number of benzene rings is 3. The fourth-order valence-corrected chi connectivity index (χ4v) is 3.74. The van der Waals surface area contributed by atoms with Gasteiger partial charge in [0.1, 0.15) is 0 Å². The number of hydrogen-bond donors (Lipinski definition) is 2. The lowest BCUT2D eigenvalue weighted by Gasteiger charge is -2.14. The van der Waals surface area contributed by atoms with E-state index >= 15 is 0 Å². The lowest BCUT2D eigenvalue weighted by molar-refractivity contribution is -0.117. The van der Waals surface area contributed by atoms with Crippen LogP contribution in [0, 0.1) is 6.92 Å². The largest absolute Gasteiger partial charge is 0.324 e. The summed E-state index contributed by atoms with van der Waals surface area (Å²) in [5.41, 5.74) is 10.3. The quantitative estimate of drug-likeness (QED) is 0.583. The first-order valence-electron chi connectivity index (χ1n) is 8.99. The third kappa shape index (κ3) is 5.71. The summed E-state index contributed by atoms with van der Waals surface area (Å²) < 4.78 is 0. The van der Waals surface area contributed by atoms with Crippen LogP contribution in [-0.2, 0) is 17.0 Å².